The van der Waals surface area contributed by atoms with Crippen molar-refractivity contribution in [3.05, 3.63) is 0 Å². The van der Waals surface area contributed by atoms with Crippen molar-refractivity contribution < 1.29 is 4.79 Å². The van der Waals surface area contributed by atoms with Crippen molar-refractivity contribution in [2.75, 3.05) is 0 Å². The third-order valence-corrected chi connectivity index (χ3v) is 4.50. The van der Waals surface area contributed by atoms with Crippen molar-refractivity contribution >= 4 is 27.9 Å². The summed E-state index contributed by atoms with van der Waals surface area (Å²) in [5, 5.41) is 7.69. The molecule has 16 heavy (non-hydrogen) atoms. The van der Waals surface area contributed by atoms with Gasteiger partial charge >= 0.3 is 0 Å². The van der Waals surface area contributed by atoms with Gasteiger partial charge in [-0.05, 0) is 31.0 Å². The molecule has 86 valence electrons. The van der Waals surface area contributed by atoms with Gasteiger partial charge in [0, 0.05) is 0 Å². The molecule has 1 amide bonds. The van der Waals surface area contributed by atoms with E-state index >= 15 is 0 Å². The van der Waals surface area contributed by atoms with Gasteiger partial charge in [0.2, 0.25) is 0 Å². The first kappa shape index (κ1) is 10.3. The summed E-state index contributed by atoms with van der Waals surface area (Å²) in [6.07, 6.45) is 5.29. The van der Waals surface area contributed by atoms with Crippen LogP contribution in [0, 0.1) is 5.92 Å². The lowest BCUT2D eigenvalue weighted by Crippen LogP contribution is -2.45. The van der Waals surface area contributed by atoms with Crippen LogP contribution < -0.4 is 0 Å². The van der Waals surface area contributed by atoms with Gasteiger partial charge in [-0.2, -0.15) is 10.1 Å². The van der Waals surface area contributed by atoms with E-state index in [1.807, 2.05) is 0 Å². The first-order chi connectivity index (χ1) is 7.79. The molecule has 0 radical (unpaired) electrons. The van der Waals surface area contributed by atoms with Gasteiger partial charge in [0.25, 0.3) is 5.91 Å². The Bertz CT molecular complexity index is 391. The second-order valence-electron chi connectivity index (χ2n) is 4.47. The molecule has 2 atom stereocenters. The number of thioether (sulfide) groups is 1. The van der Waals surface area contributed by atoms with Crippen LogP contribution in [0.3, 0.4) is 0 Å². The van der Waals surface area contributed by atoms with E-state index < -0.39 is 0 Å². The fourth-order valence-electron chi connectivity index (χ4n) is 2.54. The van der Waals surface area contributed by atoms with Gasteiger partial charge in [-0.3, -0.25) is 9.79 Å². The van der Waals surface area contributed by atoms with Crippen LogP contribution in [-0.2, 0) is 4.79 Å². The van der Waals surface area contributed by atoms with E-state index in [0.29, 0.717) is 0 Å². The van der Waals surface area contributed by atoms with Crippen LogP contribution in [0.4, 0.5) is 0 Å². The molecule has 5 heteroatoms. The minimum absolute atomic E-state index is 0.0954. The minimum atomic E-state index is 0.0954. The zero-order valence-electron chi connectivity index (χ0n) is 9.35. The SMILES string of the molecule is CCC1=NN2C(=O)C3CCCCC3N=C2S1. The van der Waals surface area contributed by atoms with E-state index in [9.17, 15) is 4.79 Å². The Kier molecular flexibility index (Phi) is 2.50. The van der Waals surface area contributed by atoms with Crippen molar-refractivity contribution in [3.8, 4) is 0 Å². The smallest absolute Gasteiger partial charge is 0.254 e. The largest absolute Gasteiger partial charge is 0.272 e. The monoisotopic (exact) mass is 237 g/mol. The lowest BCUT2D eigenvalue weighted by Gasteiger charge is -2.33. The Labute approximate surface area is 99.2 Å². The number of amidine groups is 1. The molecule has 2 aliphatic heterocycles. The molecule has 0 bridgehead atoms. The predicted octanol–water partition coefficient (Wildman–Crippen LogP) is 2.21. The van der Waals surface area contributed by atoms with E-state index in [-0.39, 0.29) is 17.9 Å². The van der Waals surface area contributed by atoms with Gasteiger partial charge in [0.15, 0.2) is 5.17 Å². The van der Waals surface area contributed by atoms with E-state index in [1.54, 1.807) is 11.8 Å². The average Bonchev–Trinajstić information content (AvgIpc) is 2.73. The van der Waals surface area contributed by atoms with Crippen LogP contribution in [0.1, 0.15) is 39.0 Å². The van der Waals surface area contributed by atoms with E-state index in [0.717, 1.165) is 35.9 Å². The van der Waals surface area contributed by atoms with Crippen LogP contribution in [0.25, 0.3) is 0 Å². The number of amides is 1. The molecule has 2 unspecified atom stereocenters. The number of hydrogen-bond donors (Lipinski definition) is 0. The van der Waals surface area contributed by atoms with Crippen molar-refractivity contribution in [2.45, 2.75) is 45.1 Å². The summed E-state index contributed by atoms with van der Waals surface area (Å²) in [4.78, 5) is 16.9. The number of carbonyl (C=O) groups is 1. The molecule has 1 aliphatic carbocycles. The molecule has 3 rings (SSSR count). The van der Waals surface area contributed by atoms with Gasteiger partial charge in [-0.15, -0.1) is 0 Å². The maximum atomic E-state index is 12.2. The maximum absolute atomic E-state index is 12.2. The highest BCUT2D eigenvalue weighted by molar-refractivity contribution is 8.26. The van der Waals surface area contributed by atoms with Crippen molar-refractivity contribution in [3.63, 3.8) is 0 Å². The lowest BCUT2D eigenvalue weighted by atomic mass is 9.83. The molecule has 4 nitrogen and oxygen atoms in total. The number of nitrogens with zero attached hydrogens (tertiary/aromatic N) is 3. The second-order valence-corrected chi connectivity index (χ2v) is 5.51. The summed E-state index contributed by atoms with van der Waals surface area (Å²) in [7, 11) is 0. The number of aliphatic imine (C=N–C) groups is 1. The van der Waals surface area contributed by atoms with E-state index in [4.69, 9.17) is 0 Å². The molecule has 0 aromatic carbocycles. The van der Waals surface area contributed by atoms with Crippen molar-refractivity contribution in [2.24, 2.45) is 16.0 Å². The molecule has 0 aromatic heterocycles. The first-order valence-electron chi connectivity index (χ1n) is 5.96. The highest BCUT2D eigenvalue weighted by Gasteiger charge is 2.42. The second kappa shape index (κ2) is 3.87. The van der Waals surface area contributed by atoms with Crippen LogP contribution >= 0.6 is 11.8 Å². The summed E-state index contributed by atoms with van der Waals surface area (Å²) in [6.45, 7) is 2.06. The molecule has 2 heterocycles. The highest BCUT2D eigenvalue weighted by Crippen LogP contribution is 2.36. The molecular weight excluding hydrogens is 222 g/mol. The summed E-state index contributed by atoms with van der Waals surface area (Å²) in [5.74, 6) is 0.267. The fraction of sp³-hybridized carbons (Fsp3) is 0.727. The molecular formula is C11H15N3OS. The maximum Gasteiger partial charge on any atom is 0.254 e. The first-order valence-corrected chi connectivity index (χ1v) is 6.78. The molecule has 0 aromatic rings. The Hall–Kier alpha value is -0.840. The molecule has 1 saturated carbocycles. The van der Waals surface area contributed by atoms with Crippen molar-refractivity contribution in [1.82, 2.24) is 5.01 Å². The van der Waals surface area contributed by atoms with Crippen molar-refractivity contribution in [1.29, 1.82) is 0 Å². The zero-order valence-corrected chi connectivity index (χ0v) is 10.2. The molecule has 0 N–H and O–H groups in total. The molecule has 1 fully saturated rings. The zero-order chi connectivity index (χ0) is 11.1. The third-order valence-electron chi connectivity index (χ3n) is 3.44. The lowest BCUT2D eigenvalue weighted by molar-refractivity contribution is -0.133. The van der Waals surface area contributed by atoms with Crippen LogP contribution in [0.15, 0.2) is 10.1 Å². The molecule has 0 saturated heterocycles. The predicted molar refractivity (Wildman–Crippen MR) is 65.3 cm³/mol. The van der Waals surface area contributed by atoms with Crippen LogP contribution in [0.2, 0.25) is 0 Å². The average molecular weight is 237 g/mol. The number of carbonyl (C=O) groups excluding carboxylic acids is 1. The summed E-state index contributed by atoms with van der Waals surface area (Å²) >= 11 is 1.56. The number of hydrogen-bond acceptors (Lipinski definition) is 4. The topological polar surface area (TPSA) is 45.0 Å². The summed E-state index contributed by atoms with van der Waals surface area (Å²) in [6, 6.07) is 0.228. The van der Waals surface area contributed by atoms with Gasteiger partial charge in [0.1, 0.15) is 5.04 Å². The van der Waals surface area contributed by atoms with Crippen LogP contribution in [0.5, 0.6) is 0 Å². The molecule has 3 aliphatic rings. The Morgan fingerprint density at radius 1 is 1.44 bits per heavy atom. The Morgan fingerprint density at radius 3 is 3.06 bits per heavy atom. The third kappa shape index (κ3) is 1.49. The highest BCUT2D eigenvalue weighted by atomic mass is 32.2. The number of hydrazone groups is 1. The summed E-state index contributed by atoms with van der Waals surface area (Å²) in [5.41, 5.74) is 0. The standard InChI is InChI=1S/C11H15N3OS/c1-2-9-13-14-10(15)7-5-3-4-6-8(7)12-11(14)16-9/h7-8H,2-6H2,1H3. The summed E-state index contributed by atoms with van der Waals surface area (Å²) < 4.78 is 0. The van der Waals surface area contributed by atoms with E-state index in [2.05, 4.69) is 17.0 Å². The number of rotatable bonds is 1. The Balaban J connectivity index is 1.92. The number of fused-ring (bicyclic) bond motifs is 2. The fourth-order valence-corrected chi connectivity index (χ4v) is 3.43. The normalized spacial score (nSPS) is 33.1. The van der Waals surface area contributed by atoms with E-state index in [1.165, 1.54) is 11.4 Å². The Morgan fingerprint density at radius 2 is 2.25 bits per heavy atom. The van der Waals surface area contributed by atoms with Crippen LogP contribution in [-0.4, -0.2) is 27.2 Å². The quantitative estimate of drug-likeness (QED) is 0.702. The van der Waals surface area contributed by atoms with Gasteiger partial charge < -0.3 is 0 Å². The van der Waals surface area contributed by atoms with Gasteiger partial charge in [-0.1, -0.05) is 19.8 Å². The van der Waals surface area contributed by atoms with Gasteiger partial charge in [0.05, 0.1) is 12.0 Å². The molecule has 0 spiro atoms. The van der Waals surface area contributed by atoms with Gasteiger partial charge in [-0.25, -0.2) is 0 Å². The minimum Gasteiger partial charge on any atom is -0.272 e.